The summed E-state index contributed by atoms with van der Waals surface area (Å²) in [5, 5.41) is 11.9. The third-order valence-electron chi connectivity index (χ3n) is 2.95. The second-order valence-corrected chi connectivity index (χ2v) is 4.37. The normalized spacial score (nSPS) is 14.4. The third-order valence-corrected chi connectivity index (χ3v) is 2.95. The lowest BCUT2D eigenvalue weighted by molar-refractivity contribution is -0.138. The first-order valence-corrected chi connectivity index (χ1v) is 5.50. The summed E-state index contributed by atoms with van der Waals surface area (Å²) in [6.45, 7) is 1.95. The van der Waals surface area contributed by atoms with Crippen molar-refractivity contribution in [1.82, 2.24) is 5.32 Å². The van der Waals surface area contributed by atoms with E-state index in [0.717, 1.165) is 12.8 Å². The van der Waals surface area contributed by atoms with Crippen LogP contribution in [0.3, 0.4) is 0 Å². The monoisotopic (exact) mass is 221 g/mol. The zero-order valence-corrected chi connectivity index (χ0v) is 9.86. The fraction of sp³-hybridized carbons (Fsp3) is 0.462. The van der Waals surface area contributed by atoms with Crippen LogP contribution in [0.4, 0.5) is 0 Å². The van der Waals surface area contributed by atoms with E-state index in [4.69, 9.17) is 5.11 Å². The highest BCUT2D eigenvalue weighted by Gasteiger charge is 2.24. The van der Waals surface area contributed by atoms with Gasteiger partial charge in [0.05, 0.1) is 6.42 Å². The topological polar surface area (TPSA) is 49.3 Å². The Balaban J connectivity index is 2.54. The molecule has 1 unspecified atom stereocenters. The Labute approximate surface area is 96.5 Å². The van der Waals surface area contributed by atoms with Crippen LogP contribution in [0.25, 0.3) is 0 Å². The number of carboxylic acid groups (broad SMARTS) is 1. The first-order valence-electron chi connectivity index (χ1n) is 5.50. The summed E-state index contributed by atoms with van der Waals surface area (Å²) in [6.07, 6.45) is 1.86. The highest BCUT2D eigenvalue weighted by atomic mass is 16.4. The predicted octanol–water partition coefficient (Wildman–Crippen LogP) is 2.07. The molecule has 0 saturated carbocycles. The molecule has 0 aliphatic rings. The standard InChI is InChI=1S/C13H19NO2/c1-13(14-2,10-12(15)16)9-8-11-6-4-3-5-7-11/h3-7,14H,8-10H2,1-2H3,(H,15,16). The highest BCUT2D eigenvalue weighted by molar-refractivity contribution is 5.68. The average Bonchev–Trinajstić information content (AvgIpc) is 2.27. The zero-order valence-electron chi connectivity index (χ0n) is 9.86. The number of aryl methyl sites for hydroxylation is 1. The van der Waals surface area contributed by atoms with Crippen LogP contribution in [0.2, 0.25) is 0 Å². The molecule has 0 aliphatic heterocycles. The van der Waals surface area contributed by atoms with Gasteiger partial charge < -0.3 is 10.4 Å². The lowest BCUT2D eigenvalue weighted by atomic mass is 9.90. The molecule has 3 nitrogen and oxygen atoms in total. The van der Waals surface area contributed by atoms with Crippen molar-refractivity contribution in [3.8, 4) is 0 Å². The van der Waals surface area contributed by atoms with E-state index < -0.39 is 5.97 Å². The molecule has 0 bridgehead atoms. The van der Waals surface area contributed by atoms with E-state index in [1.54, 1.807) is 0 Å². The van der Waals surface area contributed by atoms with Crippen molar-refractivity contribution in [2.24, 2.45) is 0 Å². The van der Waals surface area contributed by atoms with E-state index >= 15 is 0 Å². The zero-order chi connectivity index (χ0) is 12.0. The molecule has 0 aromatic heterocycles. The predicted molar refractivity (Wildman–Crippen MR) is 64.5 cm³/mol. The van der Waals surface area contributed by atoms with Crippen molar-refractivity contribution in [3.63, 3.8) is 0 Å². The first kappa shape index (κ1) is 12.7. The molecule has 88 valence electrons. The number of carboxylic acids is 1. The summed E-state index contributed by atoms with van der Waals surface area (Å²) in [5.41, 5.74) is 0.913. The fourth-order valence-corrected chi connectivity index (χ4v) is 1.70. The summed E-state index contributed by atoms with van der Waals surface area (Å²) in [4.78, 5) is 10.7. The number of hydrogen-bond acceptors (Lipinski definition) is 2. The average molecular weight is 221 g/mol. The second kappa shape index (κ2) is 5.66. The maximum atomic E-state index is 10.7. The molecule has 0 radical (unpaired) electrons. The molecule has 0 heterocycles. The van der Waals surface area contributed by atoms with Gasteiger partial charge in [-0.1, -0.05) is 30.3 Å². The third kappa shape index (κ3) is 4.03. The molecule has 0 saturated heterocycles. The Bertz CT molecular complexity index is 337. The molecule has 0 aliphatic carbocycles. The van der Waals surface area contributed by atoms with Gasteiger partial charge in [-0.2, -0.15) is 0 Å². The molecule has 1 aromatic rings. The van der Waals surface area contributed by atoms with Crippen molar-refractivity contribution < 1.29 is 9.90 Å². The van der Waals surface area contributed by atoms with Gasteiger partial charge in [-0.25, -0.2) is 0 Å². The second-order valence-electron chi connectivity index (χ2n) is 4.37. The largest absolute Gasteiger partial charge is 0.481 e. The summed E-state index contributed by atoms with van der Waals surface area (Å²) >= 11 is 0. The van der Waals surface area contributed by atoms with Crippen molar-refractivity contribution in [2.75, 3.05) is 7.05 Å². The Morgan fingerprint density at radius 1 is 1.38 bits per heavy atom. The fourth-order valence-electron chi connectivity index (χ4n) is 1.70. The molecule has 2 N–H and O–H groups in total. The Kier molecular flexibility index (Phi) is 4.50. The molecule has 16 heavy (non-hydrogen) atoms. The van der Waals surface area contributed by atoms with E-state index in [1.165, 1.54) is 5.56 Å². The molecule has 3 heteroatoms. The van der Waals surface area contributed by atoms with Crippen molar-refractivity contribution >= 4 is 5.97 Å². The minimum absolute atomic E-state index is 0.149. The molecule has 0 spiro atoms. The molecule has 0 amide bonds. The number of nitrogens with one attached hydrogen (secondary N) is 1. The number of rotatable bonds is 6. The van der Waals surface area contributed by atoms with Crippen LogP contribution < -0.4 is 5.32 Å². The quantitative estimate of drug-likeness (QED) is 0.773. The van der Waals surface area contributed by atoms with E-state index in [-0.39, 0.29) is 12.0 Å². The van der Waals surface area contributed by atoms with Gasteiger partial charge in [-0.15, -0.1) is 0 Å². The smallest absolute Gasteiger partial charge is 0.305 e. The maximum absolute atomic E-state index is 10.7. The van der Waals surface area contributed by atoms with Crippen LogP contribution in [0.15, 0.2) is 30.3 Å². The highest BCUT2D eigenvalue weighted by Crippen LogP contribution is 2.17. The number of aliphatic carboxylic acids is 1. The lowest BCUT2D eigenvalue weighted by Gasteiger charge is -2.27. The van der Waals surface area contributed by atoms with E-state index in [0.29, 0.717) is 0 Å². The van der Waals surface area contributed by atoms with Crippen molar-refractivity contribution in [1.29, 1.82) is 0 Å². The Morgan fingerprint density at radius 2 is 2.00 bits per heavy atom. The molecule has 1 rings (SSSR count). The number of hydrogen-bond donors (Lipinski definition) is 2. The molecular weight excluding hydrogens is 202 g/mol. The van der Waals surface area contributed by atoms with Crippen LogP contribution in [0.5, 0.6) is 0 Å². The molecule has 0 fully saturated rings. The van der Waals surface area contributed by atoms with Crippen LogP contribution >= 0.6 is 0 Å². The molecule has 1 aromatic carbocycles. The molecule has 1 atom stereocenters. The van der Waals surface area contributed by atoms with E-state index in [9.17, 15) is 4.79 Å². The van der Waals surface area contributed by atoms with Gasteiger partial charge in [-0.3, -0.25) is 4.79 Å². The van der Waals surface area contributed by atoms with E-state index in [2.05, 4.69) is 17.4 Å². The molecular formula is C13H19NO2. The van der Waals surface area contributed by atoms with Gasteiger partial charge in [-0.05, 0) is 32.4 Å². The van der Waals surface area contributed by atoms with Crippen LogP contribution in [0.1, 0.15) is 25.3 Å². The minimum atomic E-state index is -0.759. The summed E-state index contributed by atoms with van der Waals surface area (Å²) < 4.78 is 0. The number of carbonyl (C=O) groups is 1. The van der Waals surface area contributed by atoms with Gasteiger partial charge in [0.25, 0.3) is 0 Å². The van der Waals surface area contributed by atoms with E-state index in [1.807, 2.05) is 32.2 Å². The van der Waals surface area contributed by atoms with Crippen LogP contribution in [-0.4, -0.2) is 23.7 Å². The number of benzene rings is 1. The summed E-state index contributed by atoms with van der Waals surface area (Å²) in [7, 11) is 1.81. The van der Waals surface area contributed by atoms with Crippen molar-refractivity contribution in [3.05, 3.63) is 35.9 Å². The Morgan fingerprint density at radius 3 is 2.50 bits per heavy atom. The van der Waals surface area contributed by atoms with Crippen molar-refractivity contribution in [2.45, 2.75) is 31.7 Å². The van der Waals surface area contributed by atoms with Gasteiger partial charge in [0, 0.05) is 5.54 Å². The van der Waals surface area contributed by atoms with Gasteiger partial charge in [0.1, 0.15) is 0 Å². The van der Waals surface area contributed by atoms with Gasteiger partial charge in [0.2, 0.25) is 0 Å². The maximum Gasteiger partial charge on any atom is 0.305 e. The summed E-state index contributed by atoms with van der Waals surface area (Å²) in [5.74, 6) is -0.759. The lowest BCUT2D eigenvalue weighted by Crippen LogP contribution is -2.42. The summed E-state index contributed by atoms with van der Waals surface area (Å²) in [6, 6.07) is 10.1. The minimum Gasteiger partial charge on any atom is -0.481 e. The first-order chi connectivity index (χ1) is 7.56. The van der Waals surface area contributed by atoms with Crippen LogP contribution in [0, 0.1) is 0 Å². The van der Waals surface area contributed by atoms with Gasteiger partial charge in [0.15, 0.2) is 0 Å². The SMILES string of the molecule is CNC(C)(CCc1ccccc1)CC(=O)O. The van der Waals surface area contributed by atoms with Gasteiger partial charge >= 0.3 is 5.97 Å². The van der Waals surface area contributed by atoms with Crippen LogP contribution in [-0.2, 0) is 11.2 Å². The Hall–Kier alpha value is -1.35.